The van der Waals surface area contributed by atoms with E-state index in [1.165, 1.54) is 10.1 Å². The van der Waals surface area contributed by atoms with Crippen molar-refractivity contribution in [1.29, 1.82) is 0 Å². The van der Waals surface area contributed by atoms with Gasteiger partial charge >= 0.3 is 0 Å². The summed E-state index contributed by atoms with van der Waals surface area (Å²) in [4.78, 5) is 5.28. The molecule has 3 rings (SSSR count). The Hall–Kier alpha value is -2.11. The minimum absolute atomic E-state index is 0.441. The summed E-state index contributed by atoms with van der Waals surface area (Å²) in [5.74, 6) is 0.612. The number of aliphatic hydroxyl groups is 1. The molecule has 0 aliphatic carbocycles. The van der Waals surface area contributed by atoms with Crippen molar-refractivity contribution in [2.24, 2.45) is 10.7 Å². The Morgan fingerprint density at radius 2 is 2.29 bits per heavy atom. The maximum absolute atomic E-state index is 9.77. The zero-order valence-corrected chi connectivity index (χ0v) is 15.1. The van der Waals surface area contributed by atoms with Gasteiger partial charge in [-0.25, -0.2) is 4.99 Å². The van der Waals surface area contributed by atoms with Crippen molar-refractivity contribution in [3.63, 3.8) is 0 Å². The lowest BCUT2D eigenvalue weighted by Gasteiger charge is -2.11. The molecular weight excluding hydrogens is 318 g/mol. The van der Waals surface area contributed by atoms with Crippen LogP contribution in [0.2, 0.25) is 0 Å². The second-order valence-electron chi connectivity index (χ2n) is 6.03. The highest BCUT2D eigenvalue weighted by Gasteiger charge is 2.18. The van der Waals surface area contributed by atoms with Crippen LogP contribution in [-0.2, 0) is 0 Å². The molecule has 1 atom stereocenters. The maximum atomic E-state index is 9.77. The number of amidine groups is 1. The summed E-state index contributed by atoms with van der Waals surface area (Å²) in [5, 5.41) is 14.3. The van der Waals surface area contributed by atoms with E-state index in [9.17, 15) is 5.11 Å². The van der Waals surface area contributed by atoms with Gasteiger partial charge in [0.2, 0.25) is 0 Å². The van der Waals surface area contributed by atoms with Crippen LogP contribution in [0.3, 0.4) is 0 Å². The van der Waals surface area contributed by atoms with Crippen molar-refractivity contribution >= 4 is 38.5 Å². The highest BCUT2D eigenvalue weighted by Crippen LogP contribution is 2.38. The van der Waals surface area contributed by atoms with Crippen LogP contribution < -0.4 is 11.1 Å². The van der Waals surface area contributed by atoms with Crippen molar-refractivity contribution in [2.75, 3.05) is 12.0 Å². The van der Waals surface area contributed by atoms with Gasteiger partial charge in [-0.2, -0.15) is 0 Å². The predicted octanol–water partition coefficient (Wildman–Crippen LogP) is 4.11. The van der Waals surface area contributed by atoms with Gasteiger partial charge in [0.1, 0.15) is 12.5 Å². The van der Waals surface area contributed by atoms with Crippen LogP contribution in [0, 0.1) is 0 Å². The molecule has 4 nitrogen and oxygen atoms in total. The number of hydrogen-bond acceptors (Lipinski definition) is 5. The number of nitrogens with zero attached hydrogens (tertiary/aromatic N) is 1. The summed E-state index contributed by atoms with van der Waals surface area (Å²) in [6, 6.07) is 6.47. The zero-order valence-electron chi connectivity index (χ0n) is 14.3. The maximum Gasteiger partial charge on any atom is 0.139 e. The highest BCUT2D eigenvalue weighted by atomic mass is 32.1. The number of aliphatic imine (C=N–C) groups is 1. The molecule has 1 aliphatic heterocycles. The lowest BCUT2D eigenvalue weighted by atomic mass is 9.99. The van der Waals surface area contributed by atoms with E-state index in [4.69, 9.17) is 5.73 Å². The molecule has 1 unspecified atom stereocenters. The first kappa shape index (κ1) is 16.7. The van der Waals surface area contributed by atoms with Gasteiger partial charge in [-0.3, -0.25) is 0 Å². The number of allylic oxidation sites excluding steroid dienone is 3. The first-order chi connectivity index (χ1) is 11.5. The van der Waals surface area contributed by atoms with Gasteiger partial charge in [-0.15, -0.1) is 11.3 Å². The molecule has 2 heterocycles. The van der Waals surface area contributed by atoms with Crippen LogP contribution in [0.5, 0.6) is 0 Å². The van der Waals surface area contributed by atoms with Crippen LogP contribution in [0.4, 0.5) is 5.69 Å². The molecule has 2 aromatic rings. The molecule has 126 valence electrons. The van der Waals surface area contributed by atoms with Gasteiger partial charge < -0.3 is 16.2 Å². The lowest BCUT2D eigenvalue weighted by Crippen LogP contribution is -2.20. The summed E-state index contributed by atoms with van der Waals surface area (Å²) in [7, 11) is 0. The topological polar surface area (TPSA) is 70.6 Å². The molecule has 5 heteroatoms. The Morgan fingerprint density at radius 3 is 3.00 bits per heavy atom. The number of rotatable bonds is 4. The van der Waals surface area contributed by atoms with Crippen LogP contribution in [-0.4, -0.2) is 23.7 Å². The molecule has 0 saturated carbocycles. The standard InChI is InChI=1S/C19H23N3OS/c1-4-5-13(8-11(2)12(3)23)14-6-7-15-16(9-14)24-18-17(15)21-10-22-19(18)20/h5-9,12,21,23H,4,10H2,1-3H3,(H2,20,22)/b11-8-,13-5+. The number of hydrogen-bond donors (Lipinski definition) is 3. The Kier molecular flexibility index (Phi) is 4.73. The molecule has 1 aliphatic rings. The van der Waals surface area contributed by atoms with E-state index >= 15 is 0 Å². The fourth-order valence-corrected chi connectivity index (χ4v) is 3.89. The Bertz CT molecular complexity index is 859. The molecule has 0 fully saturated rings. The van der Waals surface area contributed by atoms with Crippen LogP contribution in [0.15, 0.2) is 40.9 Å². The van der Waals surface area contributed by atoms with E-state index in [0.717, 1.165) is 33.7 Å². The van der Waals surface area contributed by atoms with Gasteiger partial charge in [0.05, 0.1) is 16.7 Å². The molecule has 0 spiro atoms. The number of fused-ring (bicyclic) bond motifs is 3. The van der Waals surface area contributed by atoms with Gasteiger partial charge in [0.15, 0.2) is 0 Å². The van der Waals surface area contributed by atoms with Crippen LogP contribution in [0.25, 0.3) is 15.7 Å². The third-order valence-electron chi connectivity index (χ3n) is 4.23. The quantitative estimate of drug-likeness (QED) is 0.733. The van der Waals surface area contributed by atoms with Crippen molar-refractivity contribution in [1.82, 2.24) is 0 Å². The summed E-state index contributed by atoms with van der Waals surface area (Å²) >= 11 is 1.67. The Morgan fingerprint density at radius 1 is 1.50 bits per heavy atom. The smallest absolute Gasteiger partial charge is 0.139 e. The summed E-state index contributed by atoms with van der Waals surface area (Å²) < 4.78 is 1.19. The van der Waals surface area contributed by atoms with Crippen LogP contribution in [0.1, 0.15) is 37.6 Å². The minimum Gasteiger partial charge on any atom is -0.389 e. The molecule has 1 aromatic heterocycles. The molecule has 4 N–H and O–H groups in total. The fraction of sp³-hybridized carbons (Fsp3) is 0.316. The van der Waals surface area contributed by atoms with E-state index in [1.54, 1.807) is 18.3 Å². The molecule has 0 bridgehead atoms. The number of thiophene rings is 1. The van der Waals surface area contributed by atoms with E-state index in [-0.39, 0.29) is 0 Å². The molecule has 1 aromatic carbocycles. The largest absolute Gasteiger partial charge is 0.389 e. The van der Waals surface area contributed by atoms with Gasteiger partial charge in [-0.1, -0.05) is 31.2 Å². The number of nitrogens with one attached hydrogen (secondary N) is 1. The van der Waals surface area contributed by atoms with Gasteiger partial charge in [0, 0.05) is 10.1 Å². The molecule has 0 amide bonds. The number of aliphatic hydroxyl groups excluding tert-OH is 1. The van der Waals surface area contributed by atoms with E-state index in [2.05, 4.69) is 47.6 Å². The summed E-state index contributed by atoms with van der Waals surface area (Å²) in [5.41, 5.74) is 10.4. The fourth-order valence-electron chi connectivity index (χ4n) is 2.75. The molecule has 24 heavy (non-hydrogen) atoms. The number of nitrogens with two attached hydrogens (primary N) is 1. The average Bonchev–Trinajstić information content (AvgIpc) is 2.93. The average molecular weight is 341 g/mol. The molecule has 0 saturated heterocycles. The Labute approximate surface area is 146 Å². The third kappa shape index (κ3) is 3.09. The monoisotopic (exact) mass is 341 g/mol. The lowest BCUT2D eigenvalue weighted by molar-refractivity contribution is 0.231. The van der Waals surface area contributed by atoms with Crippen molar-refractivity contribution in [3.05, 3.63) is 46.4 Å². The third-order valence-corrected chi connectivity index (χ3v) is 5.40. The molecular formula is C19H23N3OS. The highest BCUT2D eigenvalue weighted by molar-refractivity contribution is 7.21. The second kappa shape index (κ2) is 6.79. The second-order valence-corrected chi connectivity index (χ2v) is 7.08. The molecule has 0 radical (unpaired) electrons. The van der Waals surface area contributed by atoms with Crippen LogP contribution >= 0.6 is 11.3 Å². The minimum atomic E-state index is -0.441. The SMILES string of the molecule is CC/C=C(\C=C(\C)C(C)O)c1ccc2c3c(sc2c1)C(N)=NCN3. The Balaban J connectivity index is 2.08. The first-order valence-electron chi connectivity index (χ1n) is 8.18. The zero-order chi connectivity index (χ0) is 17.3. The normalized spacial score (nSPS) is 16.6. The summed E-state index contributed by atoms with van der Waals surface area (Å²) in [6.45, 7) is 6.40. The first-order valence-corrected chi connectivity index (χ1v) is 9.00. The van der Waals surface area contributed by atoms with Crippen molar-refractivity contribution in [2.45, 2.75) is 33.3 Å². The van der Waals surface area contributed by atoms with E-state index in [0.29, 0.717) is 12.5 Å². The van der Waals surface area contributed by atoms with Crippen molar-refractivity contribution < 1.29 is 5.11 Å². The van der Waals surface area contributed by atoms with Crippen molar-refractivity contribution in [3.8, 4) is 0 Å². The number of anilines is 1. The predicted molar refractivity (Wildman–Crippen MR) is 105 cm³/mol. The van der Waals surface area contributed by atoms with E-state index in [1.807, 2.05) is 6.92 Å². The number of benzene rings is 1. The van der Waals surface area contributed by atoms with Gasteiger partial charge in [0.25, 0.3) is 0 Å². The summed E-state index contributed by atoms with van der Waals surface area (Å²) in [6.07, 6.45) is 4.76. The van der Waals surface area contributed by atoms with E-state index < -0.39 is 6.10 Å². The van der Waals surface area contributed by atoms with Gasteiger partial charge in [-0.05, 0) is 43.0 Å².